The Morgan fingerprint density at radius 1 is 0.967 bits per heavy atom. The van der Waals surface area contributed by atoms with E-state index in [9.17, 15) is 9.59 Å². The Morgan fingerprint density at radius 2 is 1.83 bits per heavy atom. The lowest BCUT2D eigenvalue weighted by atomic mass is 9.78. The second kappa shape index (κ2) is 8.81. The van der Waals surface area contributed by atoms with Gasteiger partial charge in [0.1, 0.15) is 5.82 Å². The van der Waals surface area contributed by atoms with Crippen molar-refractivity contribution < 1.29 is 4.79 Å². The summed E-state index contributed by atoms with van der Waals surface area (Å²) in [6, 6.07) is 2.37. The fourth-order valence-corrected chi connectivity index (χ4v) is 6.37. The summed E-state index contributed by atoms with van der Waals surface area (Å²) in [4.78, 5) is 35.2. The highest BCUT2D eigenvalue weighted by atomic mass is 16.2. The number of hydrogen-bond donors (Lipinski definition) is 0. The van der Waals surface area contributed by atoms with E-state index in [4.69, 9.17) is 4.98 Å². The number of nitrogens with zero attached hydrogens (tertiary/aromatic N) is 4. The Labute approximate surface area is 179 Å². The minimum absolute atomic E-state index is 0.0957. The summed E-state index contributed by atoms with van der Waals surface area (Å²) in [7, 11) is 0. The molecule has 4 aliphatic rings. The zero-order valence-corrected chi connectivity index (χ0v) is 18.2. The molecule has 6 heteroatoms. The van der Waals surface area contributed by atoms with Crippen LogP contribution in [0.5, 0.6) is 0 Å². The molecule has 0 spiro atoms. The van der Waals surface area contributed by atoms with E-state index in [1.54, 1.807) is 6.07 Å². The average Bonchev–Trinajstić information content (AvgIpc) is 3.13. The van der Waals surface area contributed by atoms with Crippen molar-refractivity contribution in [2.45, 2.75) is 89.1 Å². The van der Waals surface area contributed by atoms with Gasteiger partial charge in [0.15, 0.2) is 0 Å². The molecule has 3 unspecified atom stereocenters. The molecule has 6 nitrogen and oxygen atoms in total. The number of carbonyl (C=O) groups excluding carboxylic acids is 1. The quantitative estimate of drug-likeness (QED) is 0.766. The lowest BCUT2D eigenvalue weighted by Gasteiger charge is -2.44. The maximum atomic E-state index is 13.1. The number of aryl methyl sites for hydroxylation is 1. The molecule has 1 aromatic heterocycles. The van der Waals surface area contributed by atoms with Gasteiger partial charge >= 0.3 is 0 Å². The number of aromatic nitrogens is 2. The number of piperidine rings is 1. The molecular weight excluding hydrogens is 376 g/mol. The number of carbonyl (C=O) groups is 1. The van der Waals surface area contributed by atoms with Gasteiger partial charge in [0.05, 0.1) is 12.2 Å². The number of amides is 1. The Bertz CT molecular complexity index is 833. The van der Waals surface area contributed by atoms with Crippen molar-refractivity contribution in [3.8, 4) is 0 Å². The normalized spacial score (nSPS) is 29.9. The molecule has 1 amide bonds. The molecule has 1 aromatic rings. The highest BCUT2D eigenvalue weighted by Crippen LogP contribution is 2.35. The van der Waals surface area contributed by atoms with E-state index in [0.717, 1.165) is 69.3 Å². The van der Waals surface area contributed by atoms with Crippen molar-refractivity contribution in [2.75, 3.05) is 26.2 Å². The van der Waals surface area contributed by atoms with Gasteiger partial charge in [-0.05, 0) is 57.4 Å². The van der Waals surface area contributed by atoms with Gasteiger partial charge in [-0.2, -0.15) is 0 Å². The van der Waals surface area contributed by atoms with Gasteiger partial charge in [-0.1, -0.05) is 19.3 Å². The van der Waals surface area contributed by atoms with Crippen LogP contribution in [0.4, 0.5) is 0 Å². The van der Waals surface area contributed by atoms with E-state index < -0.39 is 0 Å². The van der Waals surface area contributed by atoms with E-state index in [1.807, 2.05) is 9.47 Å². The second-order valence-electron chi connectivity index (χ2n) is 9.95. The Morgan fingerprint density at radius 3 is 2.77 bits per heavy atom. The van der Waals surface area contributed by atoms with Crippen molar-refractivity contribution in [2.24, 2.45) is 5.92 Å². The second-order valence-corrected chi connectivity index (χ2v) is 9.95. The third kappa shape index (κ3) is 4.08. The maximum absolute atomic E-state index is 13.1. The van der Waals surface area contributed by atoms with Gasteiger partial charge in [0.25, 0.3) is 5.56 Å². The minimum Gasteiger partial charge on any atom is -0.341 e. The van der Waals surface area contributed by atoms with E-state index in [1.165, 1.54) is 44.9 Å². The molecule has 0 aromatic carbocycles. The largest absolute Gasteiger partial charge is 0.341 e. The molecule has 3 aliphatic heterocycles. The highest BCUT2D eigenvalue weighted by Gasteiger charge is 2.36. The molecule has 1 aliphatic carbocycles. The van der Waals surface area contributed by atoms with Crippen LogP contribution in [0.25, 0.3) is 0 Å². The Balaban J connectivity index is 1.23. The zero-order valence-electron chi connectivity index (χ0n) is 18.2. The van der Waals surface area contributed by atoms with Crippen LogP contribution in [0.15, 0.2) is 10.9 Å². The van der Waals surface area contributed by atoms with Gasteiger partial charge in [0.2, 0.25) is 5.91 Å². The van der Waals surface area contributed by atoms with Crippen LogP contribution >= 0.6 is 0 Å². The minimum atomic E-state index is 0.0957. The fourth-order valence-electron chi connectivity index (χ4n) is 6.37. The standard InChI is InChI=1S/C24H36N4O2/c29-23-15-20(25-22-10-2-1-5-13-28(22)23)19-11-14-27(16-19)24(30)17-26-12-6-8-18-7-3-4-9-21(18)26/h15,18-19,21H,1-14,16-17H2. The number of hydrogen-bond acceptors (Lipinski definition) is 4. The Kier molecular flexibility index (Phi) is 5.94. The van der Waals surface area contributed by atoms with Crippen LogP contribution in [0.3, 0.4) is 0 Å². The van der Waals surface area contributed by atoms with E-state index in [-0.39, 0.29) is 17.4 Å². The molecular formula is C24H36N4O2. The number of likely N-dealkylation sites (tertiary alicyclic amines) is 2. The maximum Gasteiger partial charge on any atom is 0.253 e. The van der Waals surface area contributed by atoms with Crippen LogP contribution in [-0.4, -0.2) is 57.5 Å². The average molecular weight is 413 g/mol. The SMILES string of the molecule is O=C(CN1CCCC2CCCCC21)N1CCC(c2cc(=O)n3c(n2)CCCCC3)C1. The molecule has 4 heterocycles. The predicted octanol–water partition coefficient (Wildman–Crippen LogP) is 2.94. The third-order valence-electron chi connectivity index (χ3n) is 8.05. The summed E-state index contributed by atoms with van der Waals surface area (Å²) >= 11 is 0. The molecule has 0 bridgehead atoms. The molecule has 3 fully saturated rings. The van der Waals surface area contributed by atoms with Gasteiger partial charge in [-0.3, -0.25) is 19.1 Å². The first kappa shape index (κ1) is 20.2. The first-order valence-electron chi connectivity index (χ1n) is 12.3. The Hall–Kier alpha value is -1.69. The van der Waals surface area contributed by atoms with Crippen LogP contribution in [0, 0.1) is 5.92 Å². The van der Waals surface area contributed by atoms with Gasteiger partial charge in [-0.15, -0.1) is 0 Å². The van der Waals surface area contributed by atoms with Crippen molar-refractivity contribution in [1.82, 2.24) is 19.4 Å². The van der Waals surface area contributed by atoms with Crippen LogP contribution < -0.4 is 5.56 Å². The summed E-state index contributed by atoms with van der Waals surface area (Å²) in [5.74, 6) is 2.25. The summed E-state index contributed by atoms with van der Waals surface area (Å²) in [5, 5.41) is 0. The van der Waals surface area contributed by atoms with Crippen molar-refractivity contribution >= 4 is 5.91 Å². The summed E-state index contributed by atoms with van der Waals surface area (Å²) in [6.07, 6.45) is 13.1. The van der Waals surface area contributed by atoms with Crippen molar-refractivity contribution in [1.29, 1.82) is 0 Å². The van der Waals surface area contributed by atoms with Crippen molar-refractivity contribution in [3.63, 3.8) is 0 Å². The van der Waals surface area contributed by atoms with Crippen molar-refractivity contribution in [3.05, 3.63) is 27.9 Å². The predicted molar refractivity (Wildman–Crippen MR) is 117 cm³/mol. The molecule has 2 saturated heterocycles. The van der Waals surface area contributed by atoms with Gasteiger partial charge in [0, 0.05) is 44.1 Å². The van der Waals surface area contributed by atoms with E-state index >= 15 is 0 Å². The fraction of sp³-hybridized carbons (Fsp3) is 0.792. The summed E-state index contributed by atoms with van der Waals surface area (Å²) in [5.41, 5.74) is 1.01. The zero-order chi connectivity index (χ0) is 20.5. The number of fused-ring (bicyclic) bond motifs is 2. The molecule has 164 valence electrons. The third-order valence-corrected chi connectivity index (χ3v) is 8.05. The molecule has 0 radical (unpaired) electrons. The summed E-state index contributed by atoms with van der Waals surface area (Å²) in [6.45, 7) is 3.97. The molecule has 0 N–H and O–H groups in total. The number of rotatable bonds is 3. The topological polar surface area (TPSA) is 58.4 Å². The summed E-state index contributed by atoms with van der Waals surface area (Å²) < 4.78 is 1.87. The first-order chi connectivity index (χ1) is 14.7. The van der Waals surface area contributed by atoms with Gasteiger partial charge in [-0.25, -0.2) is 4.98 Å². The molecule has 1 saturated carbocycles. The van der Waals surface area contributed by atoms with Crippen LogP contribution in [0.2, 0.25) is 0 Å². The van der Waals surface area contributed by atoms with Crippen LogP contribution in [-0.2, 0) is 17.8 Å². The molecule has 30 heavy (non-hydrogen) atoms. The highest BCUT2D eigenvalue weighted by molar-refractivity contribution is 5.78. The lowest BCUT2D eigenvalue weighted by molar-refractivity contribution is -0.133. The van der Waals surface area contributed by atoms with Crippen LogP contribution in [0.1, 0.15) is 81.6 Å². The first-order valence-corrected chi connectivity index (χ1v) is 12.3. The molecule has 5 rings (SSSR count). The monoisotopic (exact) mass is 412 g/mol. The smallest absolute Gasteiger partial charge is 0.253 e. The lowest BCUT2D eigenvalue weighted by Crippen LogP contribution is -2.50. The van der Waals surface area contributed by atoms with E-state index in [2.05, 4.69) is 4.90 Å². The van der Waals surface area contributed by atoms with E-state index in [0.29, 0.717) is 12.6 Å². The van der Waals surface area contributed by atoms with Gasteiger partial charge < -0.3 is 4.90 Å². The molecule has 3 atom stereocenters.